The van der Waals surface area contributed by atoms with Crippen molar-refractivity contribution in [2.45, 2.75) is 0 Å². The van der Waals surface area contributed by atoms with Crippen LogP contribution in [0.15, 0.2) is 267 Å². The van der Waals surface area contributed by atoms with Gasteiger partial charge in [-0.15, -0.1) is 0 Å². The predicted octanol–water partition coefficient (Wildman–Crippen LogP) is 17.6. The molecule has 0 amide bonds. The standard InChI is InChI=1S/C62H44N2/c1-3-25-53(26-4-1)63(61-33-15-19-47-17-7-9-31-59(47)61)55-39-35-45(36-40-55)49-21-13-23-51(43-49)57-29-11-12-30-58(57)52-24-14-22-50(44-52)46-37-41-56(42-38-46)64(54-27-5-2-6-28-54)62-34-16-20-48-18-8-10-32-60(48)62/h1-44H. The quantitative estimate of drug-likeness (QED) is 0.136. The topological polar surface area (TPSA) is 6.48 Å². The zero-order valence-electron chi connectivity index (χ0n) is 35.3. The van der Waals surface area contributed by atoms with Crippen LogP contribution in [0.25, 0.3) is 66.1 Å². The first-order chi connectivity index (χ1) is 31.7. The summed E-state index contributed by atoms with van der Waals surface area (Å²) in [4.78, 5) is 4.71. The van der Waals surface area contributed by atoms with Gasteiger partial charge in [0.05, 0.1) is 11.4 Å². The second-order valence-electron chi connectivity index (χ2n) is 16.1. The average molecular weight is 817 g/mol. The van der Waals surface area contributed by atoms with Crippen LogP contribution in [0.4, 0.5) is 34.1 Å². The van der Waals surface area contributed by atoms with Crippen molar-refractivity contribution in [1.29, 1.82) is 0 Å². The molecule has 0 aliphatic heterocycles. The SMILES string of the molecule is c1ccc(N(c2ccc(-c3cccc(-c4ccccc4-c4cccc(-c5ccc(N(c6ccccc6)c6cccc7ccccc67)cc5)c4)c3)cc2)c2cccc3ccccc23)cc1. The van der Waals surface area contributed by atoms with Gasteiger partial charge in [-0.1, -0.05) is 194 Å². The fourth-order valence-corrected chi connectivity index (χ4v) is 9.14. The molecule has 64 heavy (non-hydrogen) atoms. The summed E-state index contributed by atoms with van der Waals surface area (Å²) < 4.78 is 0. The van der Waals surface area contributed by atoms with Gasteiger partial charge in [0, 0.05) is 33.5 Å². The molecule has 2 nitrogen and oxygen atoms in total. The lowest BCUT2D eigenvalue weighted by Gasteiger charge is -2.27. The van der Waals surface area contributed by atoms with Gasteiger partial charge in [0.1, 0.15) is 0 Å². The Morgan fingerprint density at radius 3 is 0.969 bits per heavy atom. The number of benzene rings is 11. The normalized spacial score (nSPS) is 11.1. The molecule has 0 radical (unpaired) electrons. The molecule has 2 heteroatoms. The Morgan fingerprint density at radius 2 is 0.531 bits per heavy atom. The summed E-state index contributed by atoms with van der Waals surface area (Å²) in [6.45, 7) is 0. The molecule has 0 unspecified atom stereocenters. The number of para-hydroxylation sites is 2. The van der Waals surface area contributed by atoms with Crippen LogP contribution in [0, 0.1) is 0 Å². The van der Waals surface area contributed by atoms with Crippen molar-refractivity contribution in [2.75, 3.05) is 9.80 Å². The highest BCUT2D eigenvalue weighted by molar-refractivity contribution is 6.00. The third kappa shape index (κ3) is 7.48. The van der Waals surface area contributed by atoms with Crippen LogP contribution in [-0.2, 0) is 0 Å². The molecule has 0 atom stereocenters. The minimum atomic E-state index is 1.11. The lowest BCUT2D eigenvalue weighted by Crippen LogP contribution is -2.10. The highest BCUT2D eigenvalue weighted by Crippen LogP contribution is 2.42. The smallest absolute Gasteiger partial charge is 0.0540 e. The first kappa shape index (κ1) is 38.5. The monoisotopic (exact) mass is 816 g/mol. The first-order valence-electron chi connectivity index (χ1n) is 21.9. The Labute approximate surface area is 375 Å². The minimum absolute atomic E-state index is 1.11. The van der Waals surface area contributed by atoms with E-state index in [1.54, 1.807) is 0 Å². The predicted molar refractivity (Wildman–Crippen MR) is 273 cm³/mol. The van der Waals surface area contributed by atoms with Crippen molar-refractivity contribution < 1.29 is 0 Å². The van der Waals surface area contributed by atoms with Crippen LogP contribution in [0.1, 0.15) is 0 Å². The number of anilines is 6. The molecule has 0 heterocycles. The second kappa shape index (κ2) is 17.1. The van der Waals surface area contributed by atoms with Crippen LogP contribution in [-0.4, -0.2) is 0 Å². The first-order valence-corrected chi connectivity index (χ1v) is 21.9. The van der Waals surface area contributed by atoms with Crippen LogP contribution in [0.2, 0.25) is 0 Å². The number of fused-ring (bicyclic) bond motifs is 2. The van der Waals surface area contributed by atoms with Crippen LogP contribution in [0.3, 0.4) is 0 Å². The van der Waals surface area contributed by atoms with E-state index in [1.807, 2.05) is 0 Å². The van der Waals surface area contributed by atoms with Gasteiger partial charge in [-0.3, -0.25) is 0 Å². The maximum Gasteiger partial charge on any atom is 0.0540 e. The summed E-state index contributed by atoms with van der Waals surface area (Å²) in [6, 6.07) is 96.2. The third-order valence-corrected chi connectivity index (χ3v) is 12.2. The molecule has 0 saturated carbocycles. The molecular formula is C62H44N2. The van der Waals surface area contributed by atoms with Crippen molar-refractivity contribution >= 4 is 55.7 Å². The Hall–Kier alpha value is -8.46. The van der Waals surface area contributed by atoms with Gasteiger partial charge in [-0.2, -0.15) is 0 Å². The molecule has 0 fully saturated rings. The Morgan fingerprint density at radius 1 is 0.203 bits per heavy atom. The van der Waals surface area contributed by atoms with Gasteiger partial charge in [-0.05, 0) is 128 Å². The Bertz CT molecular complexity index is 3140. The van der Waals surface area contributed by atoms with Crippen molar-refractivity contribution in [3.05, 3.63) is 267 Å². The summed E-state index contributed by atoms with van der Waals surface area (Å²) in [7, 11) is 0. The van der Waals surface area contributed by atoms with E-state index in [4.69, 9.17) is 0 Å². The summed E-state index contributed by atoms with van der Waals surface area (Å²) in [5, 5.41) is 4.88. The van der Waals surface area contributed by atoms with Gasteiger partial charge < -0.3 is 9.80 Å². The van der Waals surface area contributed by atoms with E-state index < -0.39 is 0 Å². The molecule has 11 rings (SSSR count). The number of hydrogen-bond donors (Lipinski definition) is 0. The number of hydrogen-bond acceptors (Lipinski definition) is 2. The summed E-state index contributed by atoms with van der Waals surface area (Å²) in [5.74, 6) is 0. The zero-order chi connectivity index (χ0) is 42.7. The van der Waals surface area contributed by atoms with Crippen molar-refractivity contribution in [2.24, 2.45) is 0 Å². The van der Waals surface area contributed by atoms with Gasteiger partial charge in [0.2, 0.25) is 0 Å². The van der Waals surface area contributed by atoms with E-state index in [9.17, 15) is 0 Å². The molecular weight excluding hydrogens is 773 g/mol. The molecule has 0 saturated heterocycles. The highest BCUT2D eigenvalue weighted by atomic mass is 15.1. The van der Waals surface area contributed by atoms with Crippen LogP contribution < -0.4 is 9.80 Å². The summed E-state index contributed by atoms with van der Waals surface area (Å²) >= 11 is 0. The largest absolute Gasteiger partial charge is 0.310 e. The van der Waals surface area contributed by atoms with Crippen LogP contribution >= 0.6 is 0 Å². The molecule has 0 aliphatic carbocycles. The maximum atomic E-state index is 2.35. The molecule has 0 bridgehead atoms. The molecule has 0 aromatic heterocycles. The Kier molecular flexibility index (Phi) is 10.3. The van der Waals surface area contributed by atoms with E-state index in [1.165, 1.54) is 66.1 Å². The van der Waals surface area contributed by atoms with Gasteiger partial charge >= 0.3 is 0 Å². The summed E-state index contributed by atoms with van der Waals surface area (Å²) in [5.41, 5.74) is 16.3. The van der Waals surface area contributed by atoms with Crippen LogP contribution in [0.5, 0.6) is 0 Å². The van der Waals surface area contributed by atoms with Gasteiger partial charge in [-0.25, -0.2) is 0 Å². The van der Waals surface area contributed by atoms with Gasteiger partial charge in [0.15, 0.2) is 0 Å². The Balaban J connectivity index is 0.897. The molecule has 0 aliphatic rings. The van der Waals surface area contributed by atoms with E-state index in [2.05, 4.69) is 277 Å². The molecule has 0 spiro atoms. The zero-order valence-corrected chi connectivity index (χ0v) is 35.3. The molecule has 11 aromatic rings. The minimum Gasteiger partial charge on any atom is -0.310 e. The highest BCUT2D eigenvalue weighted by Gasteiger charge is 2.18. The number of nitrogens with zero attached hydrogens (tertiary/aromatic N) is 2. The fourth-order valence-electron chi connectivity index (χ4n) is 9.14. The average Bonchev–Trinajstić information content (AvgIpc) is 3.38. The van der Waals surface area contributed by atoms with E-state index in [-0.39, 0.29) is 0 Å². The fraction of sp³-hybridized carbons (Fsp3) is 0. The van der Waals surface area contributed by atoms with Gasteiger partial charge in [0.25, 0.3) is 0 Å². The van der Waals surface area contributed by atoms with E-state index >= 15 is 0 Å². The van der Waals surface area contributed by atoms with Crippen molar-refractivity contribution in [3.63, 3.8) is 0 Å². The number of rotatable bonds is 10. The van der Waals surface area contributed by atoms with Crippen molar-refractivity contribution in [3.8, 4) is 44.5 Å². The lowest BCUT2D eigenvalue weighted by molar-refractivity contribution is 1.30. The molecule has 302 valence electrons. The maximum absolute atomic E-state index is 2.35. The second-order valence-corrected chi connectivity index (χ2v) is 16.1. The summed E-state index contributed by atoms with van der Waals surface area (Å²) in [6.07, 6.45) is 0. The molecule has 11 aromatic carbocycles. The third-order valence-electron chi connectivity index (χ3n) is 12.2. The lowest BCUT2D eigenvalue weighted by atomic mass is 9.91. The van der Waals surface area contributed by atoms with E-state index in [0.717, 1.165) is 34.1 Å². The molecule has 0 N–H and O–H groups in total. The van der Waals surface area contributed by atoms with E-state index in [0.29, 0.717) is 0 Å². The van der Waals surface area contributed by atoms with Crippen molar-refractivity contribution in [1.82, 2.24) is 0 Å².